The van der Waals surface area contributed by atoms with Crippen molar-refractivity contribution in [3.05, 3.63) is 64.7 Å². The van der Waals surface area contributed by atoms with Gasteiger partial charge in [-0.15, -0.1) is 0 Å². The quantitative estimate of drug-likeness (QED) is 0.772. The first kappa shape index (κ1) is 20.5. The van der Waals surface area contributed by atoms with Gasteiger partial charge in [0.2, 0.25) is 5.91 Å². The monoisotopic (exact) mass is 431 g/mol. The average Bonchev–Trinajstić information content (AvgIpc) is 2.98. The standard InChI is InChI=1S/C22H20ClF2N3O2/c23-15-6-4-14(5-7-15)20-21(30)28(22(27-20)10-2-1-3-11-22)13-19(29)26-18-12-16(24)8-9-17(18)25/h4-9,12H,1-3,10-11,13H2,(H,26,29). The second-order valence-electron chi connectivity index (χ2n) is 7.57. The van der Waals surface area contributed by atoms with Gasteiger partial charge in [0, 0.05) is 16.7 Å². The number of halogens is 3. The predicted octanol–water partition coefficient (Wildman–Crippen LogP) is 4.55. The lowest BCUT2D eigenvalue weighted by molar-refractivity contribution is -0.134. The van der Waals surface area contributed by atoms with Crippen molar-refractivity contribution in [3.8, 4) is 0 Å². The molecule has 0 unspecified atom stereocenters. The van der Waals surface area contributed by atoms with Crippen LogP contribution in [0, 0.1) is 11.6 Å². The number of carbonyl (C=O) groups is 2. The molecule has 1 aliphatic carbocycles. The van der Waals surface area contributed by atoms with Crippen LogP contribution in [0.3, 0.4) is 0 Å². The zero-order valence-corrected chi connectivity index (χ0v) is 16.9. The molecule has 1 fully saturated rings. The van der Waals surface area contributed by atoms with E-state index in [1.165, 1.54) is 4.90 Å². The summed E-state index contributed by atoms with van der Waals surface area (Å²) in [5.74, 6) is -2.37. The van der Waals surface area contributed by atoms with E-state index in [1.807, 2.05) is 0 Å². The van der Waals surface area contributed by atoms with E-state index < -0.39 is 23.2 Å². The van der Waals surface area contributed by atoms with Crippen LogP contribution < -0.4 is 5.32 Å². The number of carbonyl (C=O) groups excluding carboxylic acids is 2. The number of anilines is 1. The third kappa shape index (κ3) is 3.94. The van der Waals surface area contributed by atoms with Gasteiger partial charge in [0.05, 0.1) is 5.69 Å². The van der Waals surface area contributed by atoms with Crippen LogP contribution in [0.25, 0.3) is 0 Å². The van der Waals surface area contributed by atoms with Crippen molar-refractivity contribution in [3.63, 3.8) is 0 Å². The molecular formula is C22H20ClF2N3O2. The number of benzene rings is 2. The molecule has 156 valence electrons. The molecule has 0 radical (unpaired) electrons. The molecule has 1 heterocycles. The summed E-state index contributed by atoms with van der Waals surface area (Å²) >= 11 is 5.95. The second-order valence-corrected chi connectivity index (χ2v) is 8.01. The first-order valence-electron chi connectivity index (χ1n) is 9.81. The minimum Gasteiger partial charge on any atom is -0.322 e. The van der Waals surface area contributed by atoms with Crippen LogP contribution in [-0.4, -0.2) is 34.6 Å². The molecule has 2 aromatic carbocycles. The Kier molecular flexibility index (Phi) is 5.56. The van der Waals surface area contributed by atoms with E-state index >= 15 is 0 Å². The van der Waals surface area contributed by atoms with Gasteiger partial charge in [0.1, 0.15) is 29.6 Å². The van der Waals surface area contributed by atoms with E-state index in [0.717, 1.165) is 37.5 Å². The van der Waals surface area contributed by atoms with Crippen LogP contribution in [0.15, 0.2) is 47.5 Å². The van der Waals surface area contributed by atoms with Crippen LogP contribution in [0.4, 0.5) is 14.5 Å². The Morgan fingerprint density at radius 2 is 1.80 bits per heavy atom. The van der Waals surface area contributed by atoms with Crippen molar-refractivity contribution < 1.29 is 18.4 Å². The van der Waals surface area contributed by atoms with E-state index in [4.69, 9.17) is 16.6 Å². The van der Waals surface area contributed by atoms with Crippen molar-refractivity contribution in [1.29, 1.82) is 0 Å². The minimum atomic E-state index is -0.790. The highest BCUT2D eigenvalue weighted by atomic mass is 35.5. The highest BCUT2D eigenvalue weighted by molar-refractivity contribution is 6.47. The van der Waals surface area contributed by atoms with Crippen LogP contribution in [0.2, 0.25) is 5.02 Å². The minimum absolute atomic E-state index is 0.261. The number of nitrogens with zero attached hydrogens (tertiary/aromatic N) is 2. The zero-order valence-electron chi connectivity index (χ0n) is 16.1. The Hall–Kier alpha value is -2.80. The van der Waals surface area contributed by atoms with Gasteiger partial charge in [-0.1, -0.05) is 30.2 Å². The first-order valence-corrected chi connectivity index (χ1v) is 10.2. The first-order chi connectivity index (χ1) is 14.4. The number of hydrogen-bond donors (Lipinski definition) is 1. The molecule has 8 heteroatoms. The Labute approximate surface area is 177 Å². The lowest BCUT2D eigenvalue weighted by Crippen LogP contribution is -2.51. The summed E-state index contributed by atoms with van der Waals surface area (Å²) in [4.78, 5) is 32.1. The fourth-order valence-electron chi connectivity index (χ4n) is 4.07. The summed E-state index contributed by atoms with van der Waals surface area (Å²) in [7, 11) is 0. The SMILES string of the molecule is O=C(CN1C(=O)C(c2ccc(Cl)cc2)=NC12CCCCC2)Nc1cc(F)ccc1F. The predicted molar refractivity (Wildman–Crippen MR) is 111 cm³/mol. The largest absolute Gasteiger partial charge is 0.322 e. The molecule has 4 rings (SSSR count). The van der Waals surface area contributed by atoms with Crippen LogP contribution in [0.5, 0.6) is 0 Å². The van der Waals surface area contributed by atoms with Gasteiger partial charge in [-0.2, -0.15) is 0 Å². The topological polar surface area (TPSA) is 61.8 Å². The lowest BCUT2D eigenvalue weighted by Gasteiger charge is -2.38. The summed E-state index contributed by atoms with van der Waals surface area (Å²) in [6.45, 7) is -0.296. The van der Waals surface area contributed by atoms with E-state index in [2.05, 4.69) is 5.32 Å². The van der Waals surface area contributed by atoms with Crippen molar-refractivity contribution in [2.75, 3.05) is 11.9 Å². The number of rotatable bonds is 4. The molecule has 0 saturated heterocycles. The Morgan fingerprint density at radius 3 is 2.50 bits per heavy atom. The molecule has 0 atom stereocenters. The van der Waals surface area contributed by atoms with Crippen LogP contribution in [-0.2, 0) is 9.59 Å². The van der Waals surface area contributed by atoms with E-state index in [9.17, 15) is 18.4 Å². The Bertz CT molecular complexity index is 1020. The molecule has 1 aliphatic heterocycles. The normalized spacial score (nSPS) is 17.9. The lowest BCUT2D eigenvalue weighted by atomic mass is 9.88. The summed E-state index contributed by atoms with van der Waals surface area (Å²) in [5, 5.41) is 2.91. The van der Waals surface area contributed by atoms with Crippen molar-refractivity contribution in [2.45, 2.75) is 37.8 Å². The molecule has 0 aromatic heterocycles. The van der Waals surface area contributed by atoms with Crippen LogP contribution >= 0.6 is 11.6 Å². The molecule has 0 bridgehead atoms. The summed E-state index contributed by atoms with van der Waals surface area (Å²) < 4.78 is 27.3. The van der Waals surface area contributed by atoms with E-state index in [0.29, 0.717) is 29.1 Å². The van der Waals surface area contributed by atoms with Crippen molar-refractivity contribution >= 4 is 34.8 Å². The number of nitrogens with one attached hydrogen (secondary N) is 1. The molecule has 2 aliphatic rings. The summed E-state index contributed by atoms with van der Waals surface area (Å²) in [6.07, 6.45) is 4.12. The maximum absolute atomic E-state index is 13.9. The molecule has 1 saturated carbocycles. The third-order valence-electron chi connectivity index (χ3n) is 5.55. The second kappa shape index (κ2) is 8.14. The zero-order chi connectivity index (χ0) is 21.3. The Morgan fingerprint density at radius 1 is 1.10 bits per heavy atom. The van der Waals surface area contributed by atoms with Crippen molar-refractivity contribution in [2.24, 2.45) is 4.99 Å². The molecule has 2 aromatic rings. The molecular weight excluding hydrogens is 412 g/mol. The Balaban J connectivity index is 1.59. The molecule has 1 N–H and O–H groups in total. The number of amides is 2. The van der Waals surface area contributed by atoms with Crippen LogP contribution in [0.1, 0.15) is 37.7 Å². The summed E-state index contributed by atoms with van der Waals surface area (Å²) in [5.41, 5.74) is -0.128. The highest BCUT2D eigenvalue weighted by Crippen LogP contribution is 2.39. The maximum atomic E-state index is 13.9. The summed E-state index contributed by atoms with van der Waals surface area (Å²) in [6, 6.07) is 9.63. The third-order valence-corrected chi connectivity index (χ3v) is 5.80. The van der Waals surface area contributed by atoms with Gasteiger partial charge in [0.25, 0.3) is 5.91 Å². The van der Waals surface area contributed by atoms with Gasteiger partial charge in [-0.3, -0.25) is 14.6 Å². The smallest absolute Gasteiger partial charge is 0.275 e. The van der Waals surface area contributed by atoms with Crippen molar-refractivity contribution in [1.82, 2.24) is 4.90 Å². The fourth-order valence-corrected chi connectivity index (χ4v) is 4.20. The van der Waals surface area contributed by atoms with E-state index in [-0.39, 0.29) is 18.1 Å². The molecule has 1 spiro atoms. The number of hydrogen-bond acceptors (Lipinski definition) is 3. The molecule has 5 nitrogen and oxygen atoms in total. The number of aliphatic imine (C=N–C) groups is 1. The van der Waals surface area contributed by atoms with Gasteiger partial charge in [0.15, 0.2) is 0 Å². The van der Waals surface area contributed by atoms with Gasteiger partial charge in [-0.25, -0.2) is 8.78 Å². The highest BCUT2D eigenvalue weighted by Gasteiger charge is 2.48. The van der Waals surface area contributed by atoms with E-state index in [1.54, 1.807) is 24.3 Å². The van der Waals surface area contributed by atoms with Gasteiger partial charge < -0.3 is 10.2 Å². The average molecular weight is 432 g/mol. The molecule has 2 amide bonds. The maximum Gasteiger partial charge on any atom is 0.275 e. The van der Waals surface area contributed by atoms with Gasteiger partial charge >= 0.3 is 0 Å². The fraction of sp³-hybridized carbons (Fsp3) is 0.318. The van der Waals surface area contributed by atoms with Gasteiger partial charge in [-0.05, 0) is 49.9 Å². The molecule has 30 heavy (non-hydrogen) atoms.